The van der Waals surface area contributed by atoms with Gasteiger partial charge in [0.25, 0.3) is 0 Å². The number of ether oxygens (including phenoxy) is 2. The van der Waals surface area contributed by atoms with Gasteiger partial charge in [-0.25, -0.2) is 4.79 Å². The van der Waals surface area contributed by atoms with Gasteiger partial charge in [-0.1, -0.05) is 43.5 Å². The van der Waals surface area contributed by atoms with E-state index in [0.29, 0.717) is 29.9 Å². The average molecular weight is 338 g/mol. The summed E-state index contributed by atoms with van der Waals surface area (Å²) >= 11 is 0. The summed E-state index contributed by atoms with van der Waals surface area (Å²) in [6.45, 7) is 9.81. The number of hydrogen-bond donors (Lipinski definition) is 1. The summed E-state index contributed by atoms with van der Waals surface area (Å²) < 4.78 is 10.6. The predicted molar refractivity (Wildman–Crippen MR) is 98.6 cm³/mol. The first-order valence-electron chi connectivity index (χ1n) is 8.02. The highest BCUT2D eigenvalue weighted by Crippen LogP contribution is 2.32. The predicted octanol–water partition coefficient (Wildman–Crippen LogP) is 4.34. The van der Waals surface area contributed by atoms with Gasteiger partial charge in [-0.15, -0.1) is 0 Å². The topological polar surface area (TPSA) is 55.8 Å². The second kappa shape index (κ2) is 8.73. The van der Waals surface area contributed by atoms with Crippen molar-refractivity contribution in [2.24, 2.45) is 0 Å². The molecular formula is C21H22O4. The monoisotopic (exact) mass is 338 g/mol. The van der Waals surface area contributed by atoms with Crippen molar-refractivity contribution in [1.29, 1.82) is 0 Å². The zero-order chi connectivity index (χ0) is 18.2. The van der Waals surface area contributed by atoms with E-state index in [1.54, 1.807) is 25.1 Å². The fourth-order valence-corrected chi connectivity index (χ4v) is 2.19. The minimum atomic E-state index is -0.401. The van der Waals surface area contributed by atoms with Gasteiger partial charge in [-0.2, -0.15) is 0 Å². The van der Waals surface area contributed by atoms with E-state index in [9.17, 15) is 9.90 Å². The molecule has 0 aliphatic rings. The van der Waals surface area contributed by atoms with Crippen molar-refractivity contribution in [1.82, 2.24) is 0 Å². The highest BCUT2D eigenvalue weighted by Gasteiger charge is 2.09. The molecule has 0 amide bonds. The summed E-state index contributed by atoms with van der Waals surface area (Å²) in [4.78, 5) is 11.2. The van der Waals surface area contributed by atoms with Crippen molar-refractivity contribution in [3.05, 3.63) is 78.4 Å². The van der Waals surface area contributed by atoms with E-state index in [0.717, 1.165) is 11.1 Å². The van der Waals surface area contributed by atoms with Crippen LogP contribution in [0.5, 0.6) is 11.5 Å². The maximum Gasteiger partial charge on any atom is 0.333 e. The normalized spacial score (nSPS) is 10.1. The van der Waals surface area contributed by atoms with E-state index >= 15 is 0 Å². The van der Waals surface area contributed by atoms with E-state index < -0.39 is 5.97 Å². The van der Waals surface area contributed by atoms with E-state index in [1.807, 2.05) is 30.3 Å². The summed E-state index contributed by atoms with van der Waals surface area (Å²) in [6.07, 6.45) is 0.554. The lowest BCUT2D eigenvalue weighted by Crippen LogP contribution is -2.09. The van der Waals surface area contributed by atoms with Gasteiger partial charge in [0.1, 0.15) is 11.5 Å². The van der Waals surface area contributed by atoms with Crippen molar-refractivity contribution in [2.75, 3.05) is 13.2 Å². The number of carbonyl (C=O) groups is 1. The highest BCUT2D eigenvalue weighted by molar-refractivity contribution is 5.86. The van der Waals surface area contributed by atoms with Crippen LogP contribution in [0.2, 0.25) is 0 Å². The summed E-state index contributed by atoms with van der Waals surface area (Å²) in [7, 11) is 0. The van der Waals surface area contributed by atoms with Gasteiger partial charge in [0.15, 0.2) is 0 Å². The Balaban J connectivity index is 1.88. The highest BCUT2D eigenvalue weighted by atomic mass is 16.5. The van der Waals surface area contributed by atoms with Gasteiger partial charge >= 0.3 is 5.97 Å². The Morgan fingerprint density at radius 2 is 1.80 bits per heavy atom. The lowest BCUT2D eigenvalue weighted by molar-refractivity contribution is -0.139. The summed E-state index contributed by atoms with van der Waals surface area (Å²) in [5.41, 5.74) is 2.73. The third kappa shape index (κ3) is 5.24. The third-order valence-corrected chi connectivity index (χ3v) is 3.56. The lowest BCUT2D eigenvalue weighted by Gasteiger charge is -2.11. The van der Waals surface area contributed by atoms with E-state index in [2.05, 4.69) is 13.2 Å². The molecule has 4 nitrogen and oxygen atoms in total. The Labute approximate surface area is 148 Å². The zero-order valence-corrected chi connectivity index (χ0v) is 14.3. The van der Waals surface area contributed by atoms with Gasteiger partial charge in [0.2, 0.25) is 0 Å². The van der Waals surface area contributed by atoms with E-state index in [-0.39, 0.29) is 12.4 Å². The van der Waals surface area contributed by atoms with Gasteiger partial charge in [0.05, 0.1) is 13.2 Å². The second-order valence-corrected chi connectivity index (χ2v) is 5.64. The van der Waals surface area contributed by atoms with E-state index in [1.165, 1.54) is 0 Å². The molecule has 0 spiro atoms. The summed E-state index contributed by atoms with van der Waals surface area (Å²) in [5.74, 6) is 0.259. The molecule has 0 saturated carbocycles. The molecule has 0 atom stereocenters. The SMILES string of the molecule is C=C(C)C(=O)OCCCOc1ccc(C(=C)c2ccccc2)c(O)c1. The molecule has 0 heterocycles. The Morgan fingerprint density at radius 3 is 2.44 bits per heavy atom. The average Bonchev–Trinajstić information content (AvgIpc) is 2.61. The first kappa shape index (κ1) is 18.3. The number of phenols is 1. The fourth-order valence-electron chi connectivity index (χ4n) is 2.19. The van der Waals surface area contributed by atoms with Gasteiger partial charge < -0.3 is 14.6 Å². The largest absolute Gasteiger partial charge is 0.507 e. The molecule has 0 unspecified atom stereocenters. The summed E-state index contributed by atoms with van der Waals surface area (Å²) in [5, 5.41) is 10.2. The van der Waals surface area contributed by atoms with Crippen LogP contribution in [0.4, 0.5) is 0 Å². The van der Waals surface area contributed by atoms with Crippen molar-refractivity contribution in [2.45, 2.75) is 13.3 Å². The Kier molecular flexibility index (Phi) is 6.40. The van der Waals surface area contributed by atoms with Crippen LogP contribution < -0.4 is 4.74 Å². The van der Waals surface area contributed by atoms with Crippen LogP contribution in [0.3, 0.4) is 0 Å². The Bertz CT molecular complexity index is 763. The van der Waals surface area contributed by atoms with Crippen molar-refractivity contribution in [3.63, 3.8) is 0 Å². The molecule has 2 aromatic carbocycles. The van der Waals surface area contributed by atoms with Gasteiger partial charge in [-0.3, -0.25) is 0 Å². The number of carbonyl (C=O) groups excluding carboxylic acids is 1. The van der Waals surface area contributed by atoms with Crippen molar-refractivity contribution < 1.29 is 19.4 Å². The number of esters is 1. The number of rotatable bonds is 8. The summed E-state index contributed by atoms with van der Waals surface area (Å²) in [6, 6.07) is 14.8. The van der Waals surface area contributed by atoms with Gasteiger partial charge in [0, 0.05) is 23.6 Å². The molecule has 25 heavy (non-hydrogen) atoms. The van der Waals surface area contributed by atoms with Crippen molar-refractivity contribution in [3.8, 4) is 11.5 Å². The number of aromatic hydroxyl groups is 1. The molecule has 1 N–H and O–H groups in total. The van der Waals surface area contributed by atoms with Crippen LogP contribution in [-0.2, 0) is 9.53 Å². The van der Waals surface area contributed by atoms with Crippen molar-refractivity contribution >= 4 is 11.5 Å². The molecule has 0 radical (unpaired) electrons. The van der Waals surface area contributed by atoms with Gasteiger partial charge in [-0.05, 0) is 30.2 Å². The molecule has 4 heteroatoms. The molecular weight excluding hydrogens is 316 g/mol. The van der Waals surface area contributed by atoms with Crippen LogP contribution in [0.15, 0.2) is 67.3 Å². The molecule has 0 fully saturated rings. The lowest BCUT2D eigenvalue weighted by atomic mass is 9.99. The number of hydrogen-bond acceptors (Lipinski definition) is 4. The first-order chi connectivity index (χ1) is 12.0. The number of phenolic OH excluding ortho intramolecular Hbond substituents is 1. The molecule has 0 aromatic heterocycles. The van der Waals surface area contributed by atoms with Crippen LogP contribution in [-0.4, -0.2) is 24.3 Å². The molecule has 0 aliphatic heterocycles. The number of benzene rings is 2. The van der Waals surface area contributed by atoms with Crippen LogP contribution in [0.25, 0.3) is 5.57 Å². The van der Waals surface area contributed by atoms with Crippen LogP contribution in [0, 0.1) is 0 Å². The van der Waals surface area contributed by atoms with Crippen LogP contribution in [0.1, 0.15) is 24.5 Å². The maximum atomic E-state index is 11.2. The second-order valence-electron chi connectivity index (χ2n) is 5.64. The quantitative estimate of drug-likeness (QED) is 0.442. The minimum Gasteiger partial charge on any atom is -0.507 e. The molecule has 2 aromatic rings. The standard InChI is InChI=1S/C21H22O4/c1-15(2)21(23)25-13-7-12-24-18-10-11-19(20(22)14-18)16(3)17-8-5-4-6-9-17/h4-6,8-11,14,22H,1,3,7,12-13H2,2H3. The minimum absolute atomic E-state index is 0.111. The molecule has 2 rings (SSSR count). The smallest absolute Gasteiger partial charge is 0.333 e. The first-order valence-corrected chi connectivity index (χ1v) is 8.02. The molecule has 0 saturated heterocycles. The maximum absolute atomic E-state index is 11.2. The zero-order valence-electron chi connectivity index (χ0n) is 14.3. The molecule has 0 bridgehead atoms. The van der Waals surface area contributed by atoms with E-state index in [4.69, 9.17) is 9.47 Å². The molecule has 130 valence electrons. The Morgan fingerprint density at radius 1 is 1.08 bits per heavy atom. The van der Waals surface area contributed by atoms with Crippen LogP contribution >= 0.6 is 0 Å². The fraction of sp³-hybridized carbons (Fsp3) is 0.190. The Hall–Kier alpha value is -3.01. The molecule has 0 aliphatic carbocycles. The third-order valence-electron chi connectivity index (χ3n) is 3.56.